The molecule has 124 valence electrons. The zero-order valence-electron chi connectivity index (χ0n) is 13.5. The Morgan fingerprint density at radius 3 is 2.62 bits per heavy atom. The summed E-state index contributed by atoms with van der Waals surface area (Å²) in [5, 5.41) is 3.24. The lowest BCUT2D eigenvalue weighted by Crippen LogP contribution is -2.29. The van der Waals surface area contributed by atoms with Gasteiger partial charge in [-0.1, -0.05) is 41.9 Å². The molecule has 1 amide bonds. The highest BCUT2D eigenvalue weighted by Gasteiger charge is 2.16. The van der Waals surface area contributed by atoms with Gasteiger partial charge in [-0.3, -0.25) is 4.79 Å². The van der Waals surface area contributed by atoms with Gasteiger partial charge in [0.2, 0.25) is 0 Å². The molecule has 0 unspecified atom stereocenters. The molecule has 5 heteroatoms. The first kappa shape index (κ1) is 17.8. The molecule has 0 heterocycles. The first-order chi connectivity index (χ1) is 11.5. The SMILES string of the molecule is Cc1cccc(NC(=O)[C@H](C)OC(=O)/C=C/c2ccccc2Cl)c1. The van der Waals surface area contributed by atoms with Gasteiger partial charge in [0.05, 0.1) is 0 Å². The van der Waals surface area contributed by atoms with Gasteiger partial charge >= 0.3 is 5.97 Å². The van der Waals surface area contributed by atoms with Crippen LogP contribution in [-0.4, -0.2) is 18.0 Å². The van der Waals surface area contributed by atoms with Crippen molar-refractivity contribution in [3.8, 4) is 0 Å². The smallest absolute Gasteiger partial charge is 0.331 e. The first-order valence-electron chi connectivity index (χ1n) is 7.46. The summed E-state index contributed by atoms with van der Waals surface area (Å²) < 4.78 is 5.10. The summed E-state index contributed by atoms with van der Waals surface area (Å²) in [6.45, 7) is 3.45. The lowest BCUT2D eigenvalue weighted by Gasteiger charge is -2.12. The summed E-state index contributed by atoms with van der Waals surface area (Å²) in [5.74, 6) is -0.998. The number of amides is 1. The summed E-state index contributed by atoms with van der Waals surface area (Å²) in [6, 6.07) is 14.5. The van der Waals surface area contributed by atoms with E-state index >= 15 is 0 Å². The molecular weight excluding hydrogens is 326 g/mol. The van der Waals surface area contributed by atoms with Crippen molar-refractivity contribution in [3.05, 3.63) is 70.8 Å². The van der Waals surface area contributed by atoms with Gasteiger partial charge in [-0.2, -0.15) is 0 Å². The second-order valence-electron chi connectivity index (χ2n) is 5.29. The van der Waals surface area contributed by atoms with Crippen molar-refractivity contribution in [2.24, 2.45) is 0 Å². The number of hydrogen-bond donors (Lipinski definition) is 1. The van der Waals surface area contributed by atoms with E-state index in [0.29, 0.717) is 16.3 Å². The monoisotopic (exact) mass is 343 g/mol. The second-order valence-corrected chi connectivity index (χ2v) is 5.70. The normalized spacial score (nSPS) is 12.0. The Hall–Kier alpha value is -2.59. The number of carbonyl (C=O) groups excluding carboxylic acids is 2. The highest BCUT2D eigenvalue weighted by Crippen LogP contribution is 2.16. The lowest BCUT2D eigenvalue weighted by molar-refractivity contribution is -0.148. The van der Waals surface area contributed by atoms with Crippen LogP contribution in [0.25, 0.3) is 6.08 Å². The third-order valence-corrected chi connectivity index (χ3v) is 3.60. The maximum absolute atomic E-state index is 12.1. The van der Waals surface area contributed by atoms with E-state index in [1.54, 1.807) is 30.3 Å². The molecule has 0 aliphatic heterocycles. The molecule has 0 saturated heterocycles. The van der Waals surface area contributed by atoms with E-state index in [1.165, 1.54) is 13.0 Å². The van der Waals surface area contributed by atoms with E-state index in [9.17, 15) is 9.59 Å². The van der Waals surface area contributed by atoms with Gasteiger partial charge in [-0.15, -0.1) is 0 Å². The van der Waals surface area contributed by atoms with Crippen molar-refractivity contribution in [2.45, 2.75) is 20.0 Å². The molecule has 0 saturated carbocycles. The molecule has 0 bridgehead atoms. The molecule has 2 rings (SSSR count). The Balaban J connectivity index is 1.91. The minimum absolute atomic E-state index is 0.389. The molecular formula is C19H18ClNO3. The molecule has 1 atom stereocenters. The number of nitrogens with one attached hydrogen (secondary N) is 1. The van der Waals surface area contributed by atoms with Crippen molar-refractivity contribution in [3.63, 3.8) is 0 Å². The van der Waals surface area contributed by atoms with Crippen LogP contribution in [0, 0.1) is 6.92 Å². The maximum Gasteiger partial charge on any atom is 0.331 e. The van der Waals surface area contributed by atoms with Crippen LogP contribution >= 0.6 is 11.6 Å². The molecule has 0 radical (unpaired) electrons. The molecule has 0 fully saturated rings. The van der Waals surface area contributed by atoms with Gasteiger partial charge in [0.15, 0.2) is 6.10 Å². The first-order valence-corrected chi connectivity index (χ1v) is 7.84. The number of benzene rings is 2. The maximum atomic E-state index is 12.1. The summed E-state index contributed by atoms with van der Waals surface area (Å²) in [7, 11) is 0. The number of aryl methyl sites for hydroxylation is 1. The van der Waals surface area contributed by atoms with Crippen LogP contribution in [0.4, 0.5) is 5.69 Å². The summed E-state index contributed by atoms with van der Waals surface area (Å²) in [5.41, 5.74) is 2.39. The van der Waals surface area contributed by atoms with Crippen LogP contribution < -0.4 is 5.32 Å². The average molecular weight is 344 g/mol. The van der Waals surface area contributed by atoms with Gasteiger partial charge in [0, 0.05) is 16.8 Å². The van der Waals surface area contributed by atoms with Crippen LogP contribution in [0.15, 0.2) is 54.6 Å². The predicted octanol–water partition coefficient (Wildman–Crippen LogP) is 4.23. The van der Waals surface area contributed by atoms with Crippen molar-refractivity contribution in [1.82, 2.24) is 0 Å². The zero-order valence-corrected chi connectivity index (χ0v) is 14.2. The highest BCUT2D eigenvalue weighted by atomic mass is 35.5. The number of hydrogen-bond acceptors (Lipinski definition) is 3. The number of carbonyl (C=O) groups is 2. The summed E-state index contributed by atoms with van der Waals surface area (Å²) >= 11 is 6.00. The van der Waals surface area contributed by atoms with E-state index < -0.39 is 12.1 Å². The fourth-order valence-electron chi connectivity index (χ4n) is 2.00. The van der Waals surface area contributed by atoms with E-state index in [4.69, 9.17) is 16.3 Å². The van der Waals surface area contributed by atoms with Crippen molar-refractivity contribution >= 4 is 35.2 Å². The second kappa shape index (κ2) is 8.31. The number of rotatable bonds is 5. The molecule has 2 aromatic rings. The van der Waals surface area contributed by atoms with Crippen LogP contribution in [0.3, 0.4) is 0 Å². The molecule has 0 aromatic heterocycles. The molecule has 0 spiro atoms. The van der Waals surface area contributed by atoms with Gasteiger partial charge in [0.25, 0.3) is 5.91 Å². The Kier molecular flexibility index (Phi) is 6.15. The minimum Gasteiger partial charge on any atom is -0.449 e. The molecule has 2 aromatic carbocycles. The van der Waals surface area contributed by atoms with Gasteiger partial charge in [-0.05, 0) is 49.2 Å². The fraction of sp³-hybridized carbons (Fsp3) is 0.158. The van der Waals surface area contributed by atoms with Crippen LogP contribution in [0.1, 0.15) is 18.1 Å². The largest absolute Gasteiger partial charge is 0.449 e. The van der Waals surface area contributed by atoms with Crippen LogP contribution in [0.5, 0.6) is 0 Å². The van der Waals surface area contributed by atoms with E-state index in [-0.39, 0.29) is 5.91 Å². The topological polar surface area (TPSA) is 55.4 Å². The molecule has 4 nitrogen and oxygen atoms in total. The third-order valence-electron chi connectivity index (χ3n) is 3.25. The van der Waals surface area contributed by atoms with Gasteiger partial charge in [-0.25, -0.2) is 4.79 Å². The number of esters is 1. The van der Waals surface area contributed by atoms with Crippen LogP contribution in [-0.2, 0) is 14.3 Å². The number of ether oxygens (including phenoxy) is 1. The molecule has 24 heavy (non-hydrogen) atoms. The Morgan fingerprint density at radius 2 is 1.92 bits per heavy atom. The highest BCUT2D eigenvalue weighted by molar-refractivity contribution is 6.32. The van der Waals surface area contributed by atoms with Crippen molar-refractivity contribution in [1.29, 1.82) is 0 Å². The lowest BCUT2D eigenvalue weighted by atomic mass is 10.2. The minimum atomic E-state index is -0.908. The molecule has 0 aliphatic rings. The van der Waals surface area contributed by atoms with Crippen molar-refractivity contribution < 1.29 is 14.3 Å². The van der Waals surface area contributed by atoms with E-state index in [1.807, 2.05) is 31.2 Å². The zero-order chi connectivity index (χ0) is 17.5. The van der Waals surface area contributed by atoms with Gasteiger partial charge in [0.1, 0.15) is 0 Å². The fourth-order valence-corrected chi connectivity index (χ4v) is 2.20. The number of anilines is 1. The molecule has 0 aliphatic carbocycles. The Labute approximate surface area is 146 Å². The Bertz CT molecular complexity index is 771. The Morgan fingerprint density at radius 1 is 1.17 bits per heavy atom. The summed E-state index contributed by atoms with van der Waals surface area (Å²) in [6.07, 6.45) is 1.89. The summed E-state index contributed by atoms with van der Waals surface area (Å²) in [4.78, 5) is 23.9. The van der Waals surface area contributed by atoms with E-state index in [2.05, 4.69) is 5.32 Å². The van der Waals surface area contributed by atoms with Crippen molar-refractivity contribution in [2.75, 3.05) is 5.32 Å². The molecule has 1 N–H and O–H groups in total. The van der Waals surface area contributed by atoms with Crippen LogP contribution in [0.2, 0.25) is 5.02 Å². The van der Waals surface area contributed by atoms with Gasteiger partial charge < -0.3 is 10.1 Å². The van der Waals surface area contributed by atoms with E-state index in [0.717, 1.165) is 5.56 Å². The average Bonchev–Trinajstić information content (AvgIpc) is 2.54. The predicted molar refractivity (Wildman–Crippen MR) is 95.8 cm³/mol. The standard InChI is InChI=1S/C19H18ClNO3/c1-13-6-5-8-16(12-13)21-19(23)14(2)24-18(22)11-10-15-7-3-4-9-17(15)20/h3-12,14H,1-2H3,(H,21,23)/b11-10+/t14-/m0/s1. The quantitative estimate of drug-likeness (QED) is 0.652. The third kappa shape index (κ3) is 5.25. The number of halogens is 1.